The number of carbonyl (C=O) groups excluding carboxylic acids is 2. The Hall–Kier alpha value is -2.78. The lowest BCUT2D eigenvalue weighted by Gasteiger charge is -2.13. The molecular formula is C19H20ClNO7S. The largest absolute Gasteiger partial charge is 0.496 e. The molecule has 0 spiro atoms. The smallest absolute Gasteiger partial charge is 0.338 e. The molecule has 0 atom stereocenters. The summed E-state index contributed by atoms with van der Waals surface area (Å²) in [4.78, 5) is 24.4. The first-order valence-electron chi connectivity index (χ1n) is 8.26. The molecule has 2 aromatic rings. The van der Waals surface area contributed by atoms with Crippen LogP contribution in [0.5, 0.6) is 11.5 Å². The first kappa shape index (κ1) is 22.5. The Balaban J connectivity index is 2.09. The summed E-state index contributed by atoms with van der Waals surface area (Å²) in [6.45, 7) is 1.17. The van der Waals surface area contributed by atoms with Crippen LogP contribution in [0.4, 0.5) is 5.69 Å². The van der Waals surface area contributed by atoms with E-state index in [1.54, 1.807) is 6.92 Å². The number of nitrogens with one attached hydrogen (secondary N) is 1. The van der Waals surface area contributed by atoms with E-state index >= 15 is 0 Å². The van der Waals surface area contributed by atoms with Crippen molar-refractivity contribution in [1.82, 2.24) is 0 Å². The summed E-state index contributed by atoms with van der Waals surface area (Å²) in [5, 5.41) is 2.57. The Bertz CT molecular complexity index is 1030. The number of methoxy groups -OCH3 is 2. The highest BCUT2D eigenvalue weighted by atomic mass is 35.5. The van der Waals surface area contributed by atoms with Crippen LogP contribution in [0, 0.1) is 6.92 Å². The Morgan fingerprint density at radius 3 is 2.17 bits per heavy atom. The van der Waals surface area contributed by atoms with Crippen molar-refractivity contribution in [2.24, 2.45) is 0 Å². The van der Waals surface area contributed by atoms with Gasteiger partial charge in [-0.15, -0.1) is 0 Å². The first-order chi connectivity index (χ1) is 13.6. The van der Waals surface area contributed by atoms with Gasteiger partial charge in [-0.25, -0.2) is 13.2 Å². The van der Waals surface area contributed by atoms with Crippen molar-refractivity contribution in [3.8, 4) is 11.5 Å². The molecule has 0 bridgehead atoms. The van der Waals surface area contributed by atoms with Crippen molar-refractivity contribution < 1.29 is 32.2 Å². The molecule has 2 rings (SSSR count). The number of anilines is 1. The Morgan fingerprint density at radius 2 is 1.66 bits per heavy atom. The van der Waals surface area contributed by atoms with Crippen molar-refractivity contribution in [1.29, 1.82) is 0 Å². The third kappa shape index (κ3) is 5.61. The molecule has 0 aliphatic heterocycles. The van der Waals surface area contributed by atoms with Gasteiger partial charge in [0, 0.05) is 11.8 Å². The molecule has 0 unspecified atom stereocenters. The van der Waals surface area contributed by atoms with Gasteiger partial charge in [-0.1, -0.05) is 11.6 Å². The first-order valence-corrected chi connectivity index (χ1v) is 10.5. The highest BCUT2D eigenvalue weighted by Crippen LogP contribution is 2.30. The normalized spacial score (nSPS) is 10.9. The fourth-order valence-corrected chi connectivity index (χ4v) is 3.25. The van der Waals surface area contributed by atoms with E-state index < -0.39 is 28.3 Å². The summed E-state index contributed by atoms with van der Waals surface area (Å²) < 4.78 is 38.7. The lowest BCUT2D eigenvalue weighted by Crippen LogP contribution is -2.21. The van der Waals surface area contributed by atoms with E-state index in [0.717, 1.165) is 6.26 Å². The summed E-state index contributed by atoms with van der Waals surface area (Å²) >= 11 is 5.99. The van der Waals surface area contributed by atoms with Gasteiger partial charge in [0.15, 0.2) is 16.4 Å². The lowest BCUT2D eigenvalue weighted by atomic mass is 10.1. The van der Waals surface area contributed by atoms with Gasteiger partial charge < -0.3 is 19.5 Å². The van der Waals surface area contributed by atoms with Crippen LogP contribution in [0.1, 0.15) is 15.9 Å². The summed E-state index contributed by atoms with van der Waals surface area (Å²) in [5.74, 6) is -0.570. The zero-order chi connectivity index (χ0) is 21.8. The van der Waals surface area contributed by atoms with Gasteiger partial charge in [0.05, 0.1) is 35.4 Å². The number of amides is 1. The third-order valence-corrected chi connectivity index (χ3v) is 5.40. The summed E-state index contributed by atoms with van der Waals surface area (Å²) in [6, 6.07) is 6.86. The SMILES string of the molecule is COc1cc(C(=O)OCC(=O)Nc2cc(S(C)(=O)=O)ccc2Cl)cc(OC)c1C. The number of sulfone groups is 1. The molecule has 2 aromatic carbocycles. The molecule has 0 saturated carbocycles. The lowest BCUT2D eigenvalue weighted by molar-refractivity contribution is -0.119. The topological polar surface area (TPSA) is 108 Å². The maximum atomic E-state index is 12.3. The van der Waals surface area contributed by atoms with E-state index in [4.69, 9.17) is 25.8 Å². The van der Waals surface area contributed by atoms with E-state index in [9.17, 15) is 18.0 Å². The van der Waals surface area contributed by atoms with Crippen molar-refractivity contribution in [2.75, 3.05) is 32.4 Å². The molecule has 0 aromatic heterocycles. The Morgan fingerprint density at radius 1 is 1.07 bits per heavy atom. The fraction of sp³-hybridized carbons (Fsp3) is 0.263. The minimum atomic E-state index is -3.48. The molecule has 1 amide bonds. The fourth-order valence-electron chi connectivity index (χ4n) is 2.44. The molecule has 0 heterocycles. The second-order valence-electron chi connectivity index (χ2n) is 6.04. The quantitative estimate of drug-likeness (QED) is 0.658. The van der Waals surface area contributed by atoms with Gasteiger partial charge in [0.25, 0.3) is 5.91 Å². The maximum Gasteiger partial charge on any atom is 0.338 e. The van der Waals surface area contributed by atoms with Crippen LogP contribution in [0.2, 0.25) is 5.02 Å². The summed E-state index contributed by atoms with van der Waals surface area (Å²) in [5.41, 5.74) is 0.952. The van der Waals surface area contributed by atoms with Crippen LogP contribution < -0.4 is 14.8 Å². The summed E-state index contributed by atoms with van der Waals surface area (Å²) in [7, 11) is -0.561. The zero-order valence-corrected chi connectivity index (χ0v) is 17.8. The number of hydrogen-bond acceptors (Lipinski definition) is 7. The second-order valence-corrected chi connectivity index (χ2v) is 8.47. The predicted octanol–water partition coefficient (Wildman–Crippen LogP) is 2.86. The van der Waals surface area contributed by atoms with Gasteiger partial charge in [-0.3, -0.25) is 4.79 Å². The monoisotopic (exact) mass is 441 g/mol. The molecule has 29 heavy (non-hydrogen) atoms. The number of benzene rings is 2. The van der Waals surface area contributed by atoms with Gasteiger partial charge in [-0.2, -0.15) is 0 Å². The standard InChI is InChI=1S/C19H20ClNO7S/c1-11-16(26-2)7-12(8-17(11)27-3)19(23)28-10-18(22)21-15-9-13(29(4,24)25)5-6-14(15)20/h5-9H,10H2,1-4H3,(H,21,22). The molecule has 1 N–H and O–H groups in total. The van der Waals surface area contributed by atoms with E-state index in [0.29, 0.717) is 17.1 Å². The number of ether oxygens (including phenoxy) is 3. The van der Waals surface area contributed by atoms with Crippen molar-refractivity contribution in [3.63, 3.8) is 0 Å². The number of esters is 1. The van der Waals surface area contributed by atoms with Gasteiger partial charge >= 0.3 is 5.97 Å². The third-order valence-electron chi connectivity index (χ3n) is 3.96. The maximum absolute atomic E-state index is 12.3. The number of carbonyl (C=O) groups is 2. The van der Waals surface area contributed by atoms with E-state index in [-0.39, 0.29) is 21.2 Å². The van der Waals surface area contributed by atoms with Crippen molar-refractivity contribution >= 4 is 39.0 Å². The van der Waals surface area contributed by atoms with Crippen LogP contribution in [-0.2, 0) is 19.4 Å². The van der Waals surface area contributed by atoms with Gasteiger partial charge in [0.2, 0.25) is 0 Å². The number of rotatable bonds is 7. The molecule has 10 heteroatoms. The van der Waals surface area contributed by atoms with Gasteiger partial charge in [0.1, 0.15) is 11.5 Å². The molecule has 0 fully saturated rings. The van der Waals surface area contributed by atoms with Gasteiger partial charge in [-0.05, 0) is 37.3 Å². The number of halogens is 1. The summed E-state index contributed by atoms with van der Waals surface area (Å²) in [6.07, 6.45) is 1.04. The molecule has 0 radical (unpaired) electrons. The minimum Gasteiger partial charge on any atom is -0.496 e. The predicted molar refractivity (Wildman–Crippen MR) is 108 cm³/mol. The van der Waals surface area contributed by atoms with E-state index in [1.165, 1.54) is 44.6 Å². The average molecular weight is 442 g/mol. The second kappa shape index (κ2) is 9.15. The highest BCUT2D eigenvalue weighted by Gasteiger charge is 2.17. The van der Waals surface area contributed by atoms with Crippen LogP contribution >= 0.6 is 11.6 Å². The van der Waals surface area contributed by atoms with Crippen LogP contribution in [0.3, 0.4) is 0 Å². The van der Waals surface area contributed by atoms with E-state index in [1.807, 2.05) is 0 Å². The molecular weight excluding hydrogens is 422 g/mol. The molecule has 0 aliphatic carbocycles. The van der Waals surface area contributed by atoms with Crippen molar-refractivity contribution in [3.05, 3.63) is 46.5 Å². The van der Waals surface area contributed by atoms with Crippen LogP contribution in [0.15, 0.2) is 35.2 Å². The average Bonchev–Trinajstić information content (AvgIpc) is 2.67. The molecule has 0 aliphatic rings. The Kier molecular flexibility index (Phi) is 7.10. The number of hydrogen-bond donors (Lipinski definition) is 1. The van der Waals surface area contributed by atoms with E-state index in [2.05, 4.69) is 5.32 Å². The Labute approximate surface area is 173 Å². The molecule has 156 valence electrons. The van der Waals surface area contributed by atoms with Crippen LogP contribution in [-0.4, -0.2) is 47.4 Å². The minimum absolute atomic E-state index is 0.00644. The molecule has 0 saturated heterocycles. The van der Waals surface area contributed by atoms with Crippen molar-refractivity contribution in [2.45, 2.75) is 11.8 Å². The molecule has 8 nitrogen and oxygen atoms in total. The zero-order valence-electron chi connectivity index (χ0n) is 16.2. The highest BCUT2D eigenvalue weighted by molar-refractivity contribution is 7.90. The van der Waals surface area contributed by atoms with Crippen LogP contribution in [0.25, 0.3) is 0 Å².